The second-order valence-electron chi connectivity index (χ2n) is 4.61. The van der Waals surface area contributed by atoms with Crippen LogP contribution in [-0.4, -0.2) is 24.2 Å². The number of nitrogens with one attached hydrogen (secondary N) is 1. The van der Waals surface area contributed by atoms with Crippen molar-refractivity contribution in [3.05, 3.63) is 11.6 Å². The van der Waals surface area contributed by atoms with Crippen LogP contribution in [0.4, 0.5) is 0 Å². The fraction of sp³-hybridized carbons (Fsp3) is 0.750. The summed E-state index contributed by atoms with van der Waals surface area (Å²) in [5.74, 6) is -0.149. The molecule has 2 heterocycles. The maximum atomic E-state index is 11.6. The maximum Gasteiger partial charge on any atom is 0.333 e. The first kappa shape index (κ1) is 10.7. The van der Waals surface area contributed by atoms with Crippen molar-refractivity contribution in [2.24, 2.45) is 0 Å². The van der Waals surface area contributed by atoms with Crippen molar-refractivity contribution in [2.45, 2.75) is 57.7 Å². The second-order valence-corrected chi connectivity index (χ2v) is 4.61. The molecule has 2 saturated heterocycles. The largest absolute Gasteiger partial charge is 0.459 e. The van der Waals surface area contributed by atoms with Gasteiger partial charge in [-0.25, -0.2) is 4.79 Å². The molecule has 3 atom stereocenters. The van der Waals surface area contributed by atoms with Crippen LogP contribution >= 0.6 is 0 Å². The molecule has 0 aromatic rings. The molecule has 0 saturated carbocycles. The predicted molar refractivity (Wildman–Crippen MR) is 58.5 cm³/mol. The Bertz CT molecular complexity index is 273. The van der Waals surface area contributed by atoms with Gasteiger partial charge in [0.1, 0.15) is 6.10 Å². The minimum atomic E-state index is -0.149. The first-order valence-corrected chi connectivity index (χ1v) is 5.79. The van der Waals surface area contributed by atoms with E-state index in [1.165, 1.54) is 12.8 Å². The van der Waals surface area contributed by atoms with E-state index in [9.17, 15) is 4.79 Å². The maximum absolute atomic E-state index is 11.6. The molecule has 2 bridgehead atoms. The van der Waals surface area contributed by atoms with Gasteiger partial charge in [-0.1, -0.05) is 6.08 Å². The fourth-order valence-corrected chi connectivity index (χ4v) is 2.46. The summed E-state index contributed by atoms with van der Waals surface area (Å²) < 4.78 is 5.48. The lowest BCUT2D eigenvalue weighted by molar-refractivity contribution is -0.145. The Morgan fingerprint density at radius 2 is 1.93 bits per heavy atom. The van der Waals surface area contributed by atoms with Crippen molar-refractivity contribution in [2.75, 3.05) is 0 Å². The van der Waals surface area contributed by atoms with Gasteiger partial charge in [0, 0.05) is 17.7 Å². The lowest BCUT2D eigenvalue weighted by Crippen LogP contribution is -2.42. The van der Waals surface area contributed by atoms with E-state index in [2.05, 4.69) is 5.32 Å². The molecule has 3 heteroatoms. The second kappa shape index (κ2) is 4.35. The molecular weight excluding hydrogens is 190 g/mol. The molecule has 2 aliphatic rings. The van der Waals surface area contributed by atoms with E-state index in [1.54, 1.807) is 13.0 Å². The van der Waals surface area contributed by atoms with Gasteiger partial charge in [0.2, 0.25) is 0 Å². The zero-order valence-corrected chi connectivity index (χ0v) is 9.45. The van der Waals surface area contributed by atoms with E-state index in [0.29, 0.717) is 17.7 Å². The summed E-state index contributed by atoms with van der Waals surface area (Å²) in [6.45, 7) is 3.67. The van der Waals surface area contributed by atoms with E-state index in [4.69, 9.17) is 4.74 Å². The fourth-order valence-electron chi connectivity index (χ4n) is 2.46. The highest BCUT2D eigenvalue weighted by Gasteiger charge is 2.35. The number of piperidine rings is 1. The highest BCUT2D eigenvalue weighted by molar-refractivity contribution is 5.87. The van der Waals surface area contributed by atoms with Crippen LogP contribution in [0.5, 0.6) is 0 Å². The molecule has 0 aliphatic carbocycles. The molecule has 2 fully saturated rings. The van der Waals surface area contributed by atoms with Crippen LogP contribution < -0.4 is 5.32 Å². The summed E-state index contributed by atoms with van der Waals surface area (Å²) >= 11 is 0. The van der Waals surface area contributed by atoms with Crippen molar-refractivity contribution >= 4 is 5.97 Å². The van der Waals surface area contributed by atoms with Gasteiger partial charge < -0.3 is 10.1 Å². The van der Waals surface area contributed by atoms with Crippen LogP contribution in [0.2, 0.25) is 0 Å². The predicted octanol–water partition coefficient (Wildman–Crippen LogP) is 1.78. The van der Waals surface area contributed by atoms with E-state index in [-0.39, 0.29) is 12.1 Å². The highest BCUT2D eigenvalue weighted by Crippen LogP contribution is 2.28. The van der Waals surface area contributed by atoms with Gasteiger partial charge in [-0.15, -0.1) is 0 Å². The number of esters is 1. The van der Waals surface area contributed by atoms with Crippen molar-refractivity contribution in [3.8, 4) is 0 Å². The Labute approximate surface area is 90.9 Å². The number of carbonyl (C=O) groups is 1. The van der Waals surface area contributed by atoms with E-state index in [0.717, 1.165) is 12.8 Å². The van der Waals surface area contributed by atoms with E-state index in [1.807, 2.05) is 6.92 Å². The average molecular weight is 209 g/mol. The SMILES string of the molecule is C/C=C(\C)C(=O)OC1C[C@H]2CC[C@@H](C1)N2. The molecule has 0 amide bonds. The summed E-state index contributed by atoms with van der Waals surface area (Å²) in [5, 5.41) is 3.53. The number of hydrogen-bond acceptors (Lipinski definition) is 3. The zero-order valence-electron chi connectivity index (χ0n) is 9.45. The molecule has 84 valence electrons. The van der Waals surface area contributed by atoms with Crippen LogP contribution in [-0.2, 0) is 9.53 Å². The Morgan fingerprint density at radius 1 is 1.33 bits per heavy atom. The topological polar surface area (TPSA) is 38.3 Å². The molecule has 2 rings (SSSR count). The van der Waals surface area contributed by atoms with Crippen molar-refractivity contribution in [1.82, 2.24) is 5.32 Å². The summed E-state index contributed by atoms with van der Waals surface area (Å²) in [6, 6.07) is 1.15. The van der Waals surface area contributed by atoms with Crippen LogP contribution in [0.15, 0.2) is 11.6 Å². The third-order valence-corrected chi connectivity index (χ3v) is 3.46. The van der Waals surface area contributed by atoms with Crippen molar-refractivity contribution < 1.29 is 9.53 Å². The molecule has 15 heavy (non-hydrogen) atoms. The van der Waals surface area contributed by atoms with E-state index >= 15 is 0 Å². The Balaban J connectivity index is 1.88. The zero-order chi connectivity index (χ0) is 10.8. The smallest absolute Gasteiger partial charge is 0.333 e. The molecule has 2 aliphatic heterocycles. The van der Waals surface area contributed by atoms with Gasteiger partial charge in [0.25, 0.3) is 0 Å². The number of rotatable bonds is 2. The quantitative estimate of drug-likeness (QED) is 0.556. The highest BCUT2D eigenvalue weighted by atomic mass is 16.5. The number of fused-ring (bicyclic) bond motifs is 2. The normalized spacial score (nSPS) is 35.3. The molecule has 3 nitrogen and oxygen atoms in total. The third-order valence-electron chi connectivity index (χ3n) is 3.46. The summed E-state index contributed by atoms with van der Waals surface area (Å²) in [4.78, 5) is 11.6. The molecule has 0 aromatic carbocycles. The molecule has 0 radical (unpaired) electrons. The lowest BCUT2D eigenvalue weighted by Gasteiger charge is -2.28. The first-order valence-electron chi connectivity index (χ1n) is 5.79. The lowest BCUT2D eigenvalue weighted by atomic mass is 10.0. The number of ether oxygens (including phenoxy) is 1. The summed E-state index contributed by atoms with van der Waals surface area (Å²) in [6.07, 6.45) is 6.38. The first-order chi connectivity index (χ1) is 7.19. The van der Waals surface area contributed by atoms with E-state index < -0.39 is 0 Å². The Hall–Kier alpha value is -0.830. The standard InChI is InChI=1S/C12H19NO2/c1-3-8(2)12(14)15-11-6-9-4-5-10(7-11)13-9/h3,9-11,13H,4-7H2,1-2H3/b8-3+/t9-,10+,11?. The Morgan fingerprint density at radius 3 is 2.47 bits per heavy atom. The van der Waals surface area contributed by atoms with Gasteiger partial charge in [0.05, 0.1) is 0 Å². The molecule has 0 spiro atoms. The number of hydrogen-bond donors (Lipinski definition) is 1. The van der Waals surface area contributed by atoms with Gasteiger partial charge in [0.15, 0.2) is 0 Å². The molecule has 0 aromatic heterocycles. The van der Waals surface area contributed by atoms with Gasteiger partial charge in [-0.3, -0.25) is 0 Å². The van der Waals surface area contributed by atoms with Crippen LogP contribution in [0.3, 0.4) is 0 Å². The van der Waals surface area contributed by atoms with Crippen molar-refractivity contribution in [3.63, 3.8) is 0 Å². The van der Waals surface area contributed by atoms with Crippen molar-refractivity contribution in [1.29, 1.82) is 0 Å². The average Bonchev–Trinajstić information content (AvgIpc) is 2.57. The number of carbonyl (C=O) groups excluding carboxylic acids is 1. The Kier molecular flexibility index (Phi) is 3.10. The third kappa shape index (κ3) is 2.40. The summed E-state index contributed by atoms with van der Waals surface area (Å²) in [5.41, 5.74) is 0.709. The van der Waals surface area contributed by atoms with Crippen LogP contribution in [0.25, 0.3) is 0 Å². The molecular formula is C12H19NO2. The van der Waals surface area contributed by atoms with Crippen LogP contribution in [0.1, 0.15) is 39.5 Å². The molecule has 1 N–H and O–H groups in total. The van der Waals surface area contributed by atoms with Gasteiger partial charge in [-0.05, 0) is 39.5 Å². The van der Waals surface area contributed by atoms with Gasteiger partial charge in [-0.2, -0.15) is 0 Å². The summed E-state index contributed by atoms with van der Waals surface area (Å²) in [7, 11) is 0. The van der Waals surface area contributed by atoms with Gasteiger partial charge >= 0.3 is 5.97 Å². The minimum absolute atomic E-state index is 0.131. The molecule has 1 unspecified atom stereocenters. The number of allylic oxidation sites excluding steroid dienone is 1. The van der Waals surface area contributed by atoms with Crippen LogP contribution in [0, 0.1) is 0 Å². The minimum Gasteiger partial charge on any atom is -0.459 e. The monoisotopic (exact) mass is 209 g/mol.